The molecule has 0 saturated heterocycles. The zero-order valence-corrected chi connectivity index (χ0v) is 23.2. The molecule has 208 valence electrons. The third kappa shape index (κ3) is 10.4. The van der Waals surface area contributed by atoms with Crippen molar-refractivity contribution >= 4 is 18.0 Å². The molecule has 0 aliphatic carbocycles. The van der Waals surface area contributed by atoms with E-state index in [0.29, 0.717) is 12.1 Å². The average Bonchev–Trinajstić information content (AvgIpc) is 3.40. The predicted octanol–water partition coefficient (Wildman–Crippen LogP) is 6.04. The van der Waals surface area contributed by atoms with E-state index in [1.165, 1.54) is 38.5 Å². The van der Waals surface area contributed by atoms with Gasteiger partial charge in [-0.15, -0.1) is 0 Å². The summed E-state index contributed by atoms with van der Waals surface area (Å²) in [5.74, 6) is 0.264. The van der Waals surface area contributed by atoms with Crippen LogP contribution < -0.4 is 15.5 Å². The smallest absolute Gasteiger partial charge is 0.259 e. The van der Waals surface area contributed by atoms with Crippen molar-refractivity contribution in [2.45, 2.75) is 71.1 Å². The zero-order valence-electron chi connectivity index (χ0n) is 23.2. The number of para-hydroxylation sites is 1. The van der Waals surface area contributed by atoms with Gasteiger partial charge in [0.05, 0.1) is 25.6 Å². The molecule has 0 aliphatic heterocycles. The summed E-state index contributed by atoms with van der Waals surface area (Å²) < 4.78 is 7.04. The molecule has 0 saturated carbocycles. The van der Waals surface area contributed by atoms with Gasteiger partial charge in [-0.1, -0.05) is 76.5 Å². The molecule has 0 bridgehead atoms. The number of aromatic nitrogens is 2. The molecule has 0 unspecified atom stereocenters. The van der Waals surface area contributed by atoms with Gasteiger partial charge in [-0.05, 0) is 42.8 Å². The van der Waals surface area contributed by atoms with Crippen LogP contribution in [0, 0.1) is 0 Å². The van der Waals surface area contributed by atoms with Gasteiger partial charge < -0.3 is 10.1 Å². The second-order valence-electron chi connectivity index (χ2n) is 9.59. The SMILES string of the molecule is CCCCCCCCCCCC(=O)NCC(=O)NN=Cc1cn(-c2ccccc2)nc1-c1ccc(OC)cc1. The van der Waals surface area contributed by atoms with Crippen LogP contribution in [-0.2, 0) is 9.59 Å². The predicted molar refractivity (Wildman–Crippen MR) is 156 cm³/mol. The number of hydrazone groups is 1. The van der Waals surface area contributed by atoms with Crippen molar-refractivity contribution in [1.29, 1.82) is 0 Å². The molecular formula is C31H41N5O3. The molecule has 0 aliphatic rings. The molecule has 8 nitrogen and oxygen atoms in total. The van der Waals surface area contributed by atoms with Crippen LogP contribution in [0.4, 0.5) is 0 Å². The van der Waals surface area contributed by atoms with Crippen molar-refractivity contribution in [2.75, 3.05) is 13.7 Å². The van der Waals surface area contributed by atoms with Gasteiger partial charge in [0.15, 0.2) is 0 Å². The Kier molecular flexibility index (Phi) is 12.8. The quantitative estimate of drug-likeness (QED) is 0.126. The fourth-order valence-electron chi connectivity index (χ4n) is 4.24. The fraction of sp³-hybridized carbons (Fsp3) is 0.419. The van der Waals surface area contributed by atoms with Crippen LogP contribution in [-0.4, -0.2) is 41.5 Å². The Labute approximate surface area is 231 Å². The average molecular weight is 532 g/mol. The highest BCUT2D eigenvalue weighted by Gasteiger charge is 2.12. The van der Waals surface area contributed by atoms with E-state index in [9.17, 15) is 9.59 Å². The molecule has 0 atom stereocenters. The maximum atomic E-state index is 12.2. The number of carbonyl (C=O) groups excluding carboxylic acids is 2. The highest BCUT2D eigenvalue weighted by molar-refractivity contribution is 5.90. The maximum Gasteiger partial charge on any atom is 0.259 e. The first-order valence-electron chi connectivity index (χ1n) is 14.0. The lowest BCUT2D eigenvalue weighted by Crippen LogP contribution is -2.34. The normalized spacial score (nSPS) is 11.0. The van der Waals surface area contributed by atoms with Crippen LogP contribution in [0.25, 0.3) is 16.9 Å². The minimum atomic E-state index is -0.381. The molecule has 0 radical (unpaired) electrons. The van der Waals surface area contributed by atoms with Crippen LogP contribution in [0.2, 0.25) is 0 Å². The number of unbranched alkanes of at least 4 members (excludes halogenated alkanes) is 8. The van der Waals surface area contributed by atoms with Gasteiger partial charge in [0.25, 0.3) is 5.91 Å². The number of carbonyl (C=O) groups is 2. The molecule has 8 heteroatoms. The summed E-state index contributed by atoms with van der Waals surface area (Å²) in [5, 5.41) is 11.5. The number of benzene rings is 2. The van der Waals surface area contributed by atoms with Crippen molar-refractivity contribution in [3.63, 3.8) is 0 Å². The first-order valence-corrected chi connectivity index (χ1v) is 14.0. The molecule has 2 N–H and O–H groups in total. The third-order valence-electron chi connectivity index (χ3n) is 6.47. The Balaban J connectivity index is 1.46. The molecule has 2 aromatic carbocycles. The van der Waals surface area contributed by atoms with Gasteiger partial charge in [-0.3, -0.25) is 9.59 Å². The highest BCUT2D eigenvalue weighted by atomic mass is 16.5. The molecular weight excluding hydrogens is 490 g/mol. The van der Waals surface area contributed by atoms with E-state index in [0.717, 1.165) is 41.8 Å². The maximum absolute atomic E-state index is 12.2. The molecule has 0 spiro atoms. The number of amides is 2. The van der Waals surface area contributed by atoms with Crippen LogP contribution in [0.5, 0.6) is 5.75 Å². The second-order valence-corrected chi connectivity index (χ2v) is 9.59. The summed E-state index contributed by atoms with van der Waals surface area (Å²) in [6.07, 6.45) is 14.7. The van der Waals surface area contributed by atoms with Crippen molar-refractivity contribution in [3.8, 4) is 22.7 Å². The molecule has 39 heavy (non-hydrogen) atoms. The largest absolute Gasteiger partial charge is 0.497 e. The summed E-state index contributed by atoms with van der Waals surface area (Å²) in [6.45, 7) is 2.12. The zero-order chi connectivity index (χ0) is 27.7. The topological polar surface area (TPSA) is 97.6 Å². The summed E-state index contributed by atoms with van der Waals surface area (Å²) in [4.78, 5) is 24.3. The third-order valence-corrected chi connectivity index (χ3v) is 6.47. The van der Waals surface area contributed by atoms with E-state index >= 15 is 0 Å². The minimum absolute atomic E-state index is 0.108. The Bertz CT molecular complexity index is 1170. The number of methoxy groups -OCH3 is 1. The van der Waals surface area contributed by atoms with E-state index in [2.05, 4.69) is 22.8 Å². The first kappa shape index (κ1) is 29.6. The van der Waals surface area contributed by atoms with Crippen molar-refractivity contribution in [2.24, 2.45) is 5.10 Å². The number of nitrogens with one attached hydrogen (secondary N) is 2. The van der Waals surface area contributed by atoms with Gasteiger partial charge in [-0.25, -0.2) is 10.1 Å². The van der Waals surface area contributed by atoms with Gasteiger partial charge in [0, 0.05) is 23.7 Å². The molecule has 0 fully saturated rings. The van der Waals surface area contributed by atoms with E-state index in [1.807, 2.05) is 60.8 Å². The summed E-state index contributed by atoms with van der Waals surface area (Å²) in [7, 11) is 1.62. The standard InChI is InChI=1S/C31H41N5O3/c1-3-4-5-6-7-8-9-10-14-17-29(37)32-23-30(38)34-33-22-26-24-36(27-15-12-11-13-16-27)35-31(26)25-18-20-28(39-2)21-19-25/h11-13,15-16,18-22,24H,3-10,14,17,23H2,1-2H3,(H,32,37)(H,34,38). The van der Waals surface area contributed by atoms with E-state index in [-0.39, 0.29) is 18.4 Å². The number of hydrogen-bond donors (Lipinski definition) is 2. The molecule has 3 aromatic rings. The Morgan fingerprint density at radius 2 is 1.56 bits per heavy atom. The summed E-state index contributed by atoms with van der Waals surface area (Å²) in [5.41, 5.74) is 5.75. The number of rotatable bonds is 17. The Morgan fingerprint density at radius 1 is 0.897 bits per heavy atom. The lowest BCUT2D eigenvalue weighted by Gasteiger charge is -2.05. The lowest BCUT2D eigenvalue weighted by atomic mass is 10.1. The summed E-state index contributed by atoms with van der Waals surface area (Å²) >= 11 is 0. The van der Waals surface area contributed by atoms with E-state index < -0.39 is 0 Å². The highest BCUT2D eigenvalue weighted by Crippen LogP contribution is 2.25. The molecule has 1 aromatic heterocycles. The molecule has 2 amide bonds. The second kappa shape index (κ2) is 16.8. The van der Waals surface area contributed by atoms with Crippen molar-refractivity contribution in [1.82, 2.24) is 20.5 Å². The van der Waals surface area contributed by atoms with Gasteiger partial charge in [0.2, 0.25) is 5.91 Å². The van der Waals surface area contributed by atoms with Crippen molar-refractivity contribution in [3.05, 3.63) is 66.4 Å². The van der Waals surface area contributed by atoms with Gasteiger partial charge >= 0.3 is 0 Å². The molecule has 3 rings (SSSR count). The Morgan fingerprint density at radius 3 is 2.23 bits per heavy atom. The number of hydrogen-bond acceptors (Lipinski definition) is 5. The summed E-state index contributed by atoms with van der Waals surface area (Å²) in [6, 6.07) is 17.4. The van der Waals surface area contributed by atoms with Crippen molar-refractivity contribution < 1.29 is 14.3 Å². The monoisotopic (exact) mass is 531 g/mol. The Hall–Kier alpha value is -3.94. The fourth-order valence-corrected chi connectivity index (χ4v) is 4.24. The van der Waals surface area contributed by atoms with E-state index in [1.54, 1.807) is 18.0 Å². The van der Waals surface area contributed by atoms with Gasteiger partial charge in [0.1, 0.15) is 11.4 Å². The minimum Gasteiger partial charge on any atom is -0.497 e. The van der Waals surface area contributed by atoms with Crippen LogP contribution in [0.3, 0.4) is 0 Å². The number of ether oxygens (including phenoxy) is 1. The van der Waals surface area contributed by atoms with Crippen LogP contribution in [0.1, 0.15) is 76.7 Å². The van der Waals surface area contributed by atoms with Crippen LogP contribution in [0.15, 0.2) is 65.9 Å². The van der Waals surface area contributed by atoms with E-state index in [4.69, 9.17) is 9.84 Å². The lowest BCUT2D eigenvalue weighted by molar-refractivity contribution is -0.126. The molecule has 1 heterocycles. The van der Waals surface area contributed by atoms with Crippen LogP contribution >= 0.6 is 0 Å². The first-order chi connectivity index (χ1) is 19.1. The van der Waals surface area contributed by atoms with Gasteiger partial charge in [-0.2, -0.15) is 10.2 Å². The number of nitrogens with zero attached hydrogens (tertiary/aromatic N) is 3.